The van der Waals surface area contributed by atoms with Crippen molar-refractivity contribution < 1.29 is 14.5 Å². The molecule has 0 N–H and O–H groups in total. The number of carbonyl (C=O) groups excluding carboxylic acids is 1. The van der Waals surface area contributed by atoms with E-state index in [2.05, 4.69) is 114 Å². The highest BCUT2D eigenvalue weighted by Crippen LogP contribution is 2.41. The lowest BCUT2D eigenvalue weighted by Crippen LogP contribution is -2.41. The third kappa shape index (κ3) is 7.37. The Labute approximate surface area is 226 Å². The number of hydrogen-bond donors (Lipinski definition) is 0. The van der Waals surface area contributed by atoms with E-state index in [-0.39, 0.29) is 23.7 Å². The Hall–Kier alpha value is -2.33. The summed E-state index contributed by atoms with van der Waals surface area (Å²) in [5.41, 5.74) is 7.04. The zero-order valence-electron chi connectivity index (χ0n) is 25.5. The van der Waals surface area contributed by atoms with Crippen molar-refractivity contribution in [3.05, 3.63) is 57.6 Å². The van der Waals surface area contributed by atoms with E-state index in [0.717, 1.165) is 33.8 Å². The number of benzene rings is 2. The molecule has 1 radical (unpaired) electrons. The van der Waals surface area contributed by atoms with Gasteiger partial charge in [-0.1, -0.05) is 107 Å². The summed E-state index contributed by atoms with van der Waals surface area (Å²) >= 11 is 0. The molecule has 4 heteroatoms. The molecule has 2 aromatic rings. The first kappa shape index (κ1) is 30.9. The molecule has 4 nitrogen and oxygen atoms in total. The van der Waals surface area contributed by atoms with Crippen molar-refractivity contribution in [3.8, 4) is 11.5 Å². The number of hydroxylamine groups is 2. The Morgan fingerprint density at radius 3 is 0.973 bits per heavy atom. The van der Waals surface area contributed by atoms with Crippen LogP contribution >= 0.6 is 0 Å². The van der Waals surface area contributed by atoms with Gasteiger partial charge >= 0.3 is 0 Å². The Morgan fingerprint density at radius 1 is 0.514 bits per heavy atom. The quantitative estimate of drug-likeness (QED) is 0.268. The second kappa shape index (κ2) is 13.0. The first-order valence-electron chi connectivity index (χ1n) is 14.1. The maximum atomic E-state index is 12.0. The largest absolute Gasteiger partial charge is 0.370 e. The molecule has 2 aromatic carbocycles. The van der Waals surface area contributed by atoms with Crippen molar-refractivity contribution in [1.29, 1.82) is 0 Å². The summed E-state index contributed by atoms with van der Waals surface area (Å²) in [6.07, 6.45) is 2.09. The molecule has 0 bridgehead atoms. The first-order chi connectivity index (χ1) is 17.2. The van der Waals surface area contributed by atoms with Gasteiger partial charge in [-0.05, 0) is 53.6 Å². The summed E-state index contributed by atoms with van der Waals surface area (Å²) in [5, 5.41) is 1.36. The highest BCUT2D eigenvalue weighted by molar-refractivity contribution is 5.58. The van der Waals surface area contributed by atoms with Crippen molar-refractivity contribution in [1.82, 2.24) is 5.23 Å². The van der Waals surface area contributed by atoms with E-state index in [1.54, 1.807) is 6.92 Å². The van der Waals surface area contributed by atoms with Gasteiger partial charge in [0.15, 0.2) is 11.5 Å². The molecular weight excluding hydrogens is 458 g/mol. The summed E-state index contributed by atoms with van der Waals surface area (Å²) in [4.78, 5) is 25.1. The second-order valence-electron chi connectivity index (χ2n) is 12.2. The molecule has 0 aliphatic carbocycles. The lowest BCUT2D eigenvalue weighted by molar-refractivity contribution is -0.267. The Kier molecular flexibility index (Phi) is 10.8. The lowest BCUT2D eigenvalue weighted by Gasteiger charge is -2.31. The van der Waals surface area contributed by atoms with Crippen LogP contribution in [0.3, 0.4) is 0 Å². The fourth-order valence-corrected chi connectivity index (χ4v) is 4.39. The third-order valence-corrected chi connectivity index (χ3v) is 7.01. The summed E-state index contributed by atoms with van der Waals surface area (Å²) in [7, 11) is 0. The van der Waals surface area contributed by atoms with Gasteiger partial charge in [-0.2, -0.15) is 0 Å². The number of rotatable bonds is 12. The molecule has 0 heterocycles. The van der Waals surface area contributed by atoms with Crippen molar-refractivity contribution in [2.24, 2.45) is 0 Å². The van der Waals surface area contributed by atoms with E-state index in [4.69, 9.17) is 9.68 Å². The molecule has 0 fully saturated rings. The molecular formula is C33H50NO3. The molecule has 2 rings (SSSR count). The molecule has 0 aliphatic rings. The molecule has 37 heavy (non-hydrogen) atoms. The second-order valence-corrected chi connectivity index (χ2v) is 12.2. The summed E-state index contributed by atoms with van der Waals surface area (Å²) in [6.45, 7) is 28.0. The molecule has 205 valence electrons. The summed E-state index contributed by atoms with van der Waals surface area (Å²) < 4.78 is 0. The van der Waals surface area contributed by atoms with Crippen LogP contribution < -0.4 is 9.68 Å². The van der Waals surface area contributed by atoms with Crippen LogP contribution in [0.4, 0.5) is 0 Å². The Balaban J connectivity index is 2.73. The average molecular weight is 509 g/mol. The van der Waals surface area contributed by atoms with Gasteiger partial charge in [-0.15, -0.1) is 0 Å². The molecule has 0 saturated heterocycles. The van der Waals surface area contributed by atoms with E-state index in [0.29, 0.717) is 11.8 Å². The topological polar surface area (TPSA) is 38.8 Å². The van der Waals surface area contributed by atoms with Crippen molar-refractivity contribution in [2.45, 2.75) is 132 Å². The van der Waals surface area contributed by atoms with Gasteiger partial charge in [0.05, 0.1) is 0 Å². The van der Waals surface area contributed by atoms with Gasteiger partial charge in [0, 0.05) is 27.5 Å². The molecule has 0 unspecified atom stereocenters. The standard InChI is InChI=1S/C33H50NO3/c1-19(2)26-14-28(21(5)6)32(29(15-26)22(7)8)36-34(25(13)18-35)37-33-30(23(9)10)16-27(20(3)4)17-31(33)24(11)12/h14-17,19-25H,1-13H3/t25-/m0/s1. The van der Waals surface area contributed by atoms with Crippen molar-refractivity contribution >= 4 is 6.29 Å². The average Bonchev–Trinajstić information content (AvgIpc) is 2.81. The van der Waals surface area contributed by atoms with Gasteiger partial charge < -0.3 is 9.68 Å². The lowest BCUT2D eigenvalue weighted by atomic mass is 9.88. The molecule has 0 aliphatic heterocycles. The van der Waals surface area contributed by atoms with Gasteiger partial charge in [0.1, 0.15) is 6.04 Å². The fourth-order valence-electron chi connectivity index (χ4n) is 4.39. The molecule has 0 saturated carbocycles. The number of nitrogens with zero attached hydrogens (tertiary/aromatic N) is 1. The maximum Gasteiger partial charge on any atom is 0.224 e. The van der Waals surface area contributed by atoms with E-state index in [1.165, 1.54) is 16.4 Å². The van der Waals surface area contributed by atoms with Crippen LogP contribution in [0.15, 0.2) is 24.3 Å². The van der Waals surface area contributed by atoms with Crippen LogP contribution in [0.5, 0.6) is 11.5 Å². The van der Waals surface area contributed by atoms with Crippen LogP contribution in [0.1, 0.15) is 159 Å². The maximum absolute atomic E-state index is 12.0. The SMILES string of the molecule is CC(C)c1cc(C(C)C)c(ON(Oc2c(C(C)C)cc(C(C)C)cc2C(C)C)[C@@H](C)[C]=O)c(C(C)C)c1. The van der Waals surface area contributed by atoms with Crippen molar-refractivity contribution in [3.63, 3.8) is 0 Å². The Morgan fingerprint density at radius 2 is 0.784 bits per heavy atom. The smallest absolute Gasteiger partial charge is 0.224 e. The van der Waals surface area contributed by atoms with E-state index >= 15 is 0 Å². The van der Waals surface area contributed by atoms with Gasteiger partial charge in [-0.25, -0.2) is 0 Å². The molecule has 0 spiro atoms. The first-order valence-corrected chi connectivity index (χ1v) is 14.1. The highest BCUT2D eigenvalue weighted by Gasteiger charge is 2.28. The van der Waals surface area contributed by atoms with Crippen molar-refractivity contribution in [2.75, 3.05) is 0 Å². The summed E-state index contributed by atoms with van der Waals surface area (Å²) in [6, 6.07) is 8.22. The van der Waals surface area contributed by atoms with Gasteiger partial charge in [0.25, 0.3) is 0 Å². The predicted octanol–water partition coefficient (Wildman–Crippen LogP) is 9.51. The minimum atomic E-state index is -0.727. The minimum Gasteiger partial charge on any atom is -0.370 e. The summed E-state index contributed by atoms with van der Waals surface area (Å²) in [5.74, 6) is 3.32. The third-order valence-electron chi connectivity index (χ3n) is 7.01. The normalized spacial score (nSPS) is 13.1. The monoisotopic (exact) mass is 508 g/mol. The Bertz CT molecular complexity index is 914. The molecule has 0 amide bonds. The molecule has 0 aromatic heterocycles. The van der Waals surface area contributed by atoms with Crippen LogP contribution in [-0.2, 0) is 4.79 Å². The number of hydrogen-bond acceptors (Lipinski definition) is 4. The van der Waals surface area contributed by atoms with E-state index in [1.807, 2.05) is 0 Å². The van der Waals surface area contributed by atoms with Crippen LogP contribution in [-0.4, -0.2) is 17.6 Å². The predicted molar refractivity (Wildman–Crippen MR) is 156 cm³/mol. The zero-order valence-corrected chi connectivity index (χ0v) is 25.5. The zero-order chi connectivity index (χ0) is 28.2. The van der Waals surface area contributed by atoms with Gasteiger partial charge in [-0.3, -0.25) is 4.79 Å². The highest BCUT2D eigenvalue weighted by atomic mass is 17.0. The molecule has 1 atom stereocenters. The van der Waals surface area contributed by atoms with Crippen LogP contribution in [0.2, 0.25) is 0 Å². The van der Waals surface area contributed by atoms with E-state index in [9.17, 15) is 4.79 Å². The van der Waals surface area contributed by atoms with Crippen LogP contribution in [0.25, 0.3) is 0 Å². The van der Waals surface area contributed by atoms with Crippen LogP contribution in [0, 0.1) is 0 Å². The fraction of sp³-hybridized carbons (Fsp3) is 0.606. The van der Waals surface area contributed by atoms with E-state index < -0.39 is 6.04 Å². The minimum absolute atomic E-state index is 0.242. The van der Waals surface area contributed by atoms with Gasteiger partial charge in [0.2, 0.25) is 6.29 Å².